The van der Waals surface area contributed by atoms with Crippen LogP contribution in [0.2, 0.25) is 0 Å². The molecule has 3 aromatic rings. The molecule has 0 atom stereocenters. The van der Waals surface area contributed by atoms with Gasteiger partial charge in [-0.25, -0.2) is 10.8 Å². The lowest BCUT2D eigenvalue weighted by atomic mass is 10.0. The van der Waals surface area contributed by atoms with Crippen molar-refractivity contribution in [3.05, 3.63) is 42.5 Å². The van der Waals surface area contributed by atoms with Crippen molar-refractivity contribution < 1.29 is 14.7 Å². The molecule has 0 unspecified atom stereocenters. The number of carboxylic acids is 1. The summed E-state index contributed by atoms with van der Waals surface area (Å²) in [6, 6.07) is 12.8. The SMILES string of the molecule is NNc1nc(N)nc2ccc(-c3ccc(NC(=O)CCC(=O)O)cc3)cc12. The van der Waals surface area contributed by atoms with E-state index < -0.39 is 5.97 Å². The van der Waals surface area contributed by atoms with Gasteiger partial charge in [0.05, 0.1) is 11.9 Å². The van der Waals surface area contributed by atoms with E-state index >= 15 is 0 Å². The fourth-order valence-corrected chi connectivity index (χ4v) is 2.63. The van der Waals surface area contributed by atoms with E-state index in [1.165, 1.54) is 0 Å². The number of aromatic nitrogens is 2. The van der Waals surface area contributed by atoms with Crippen LogP contribution in [0.25, 0.3) is 22.0 Å². The molecule has 9 heteroatoms. The number of rotatable bonds is 6. The van der Waals surface area contributed by atoms with Crippen molar-refractivity contribution in [1.82, 2.24) is 9.97 Å². The summed E-state index contributed by atoms with van der Waals surface area (Å²) in [7, 11) is 0. The largest absolute Gasteiger partial charge is 0.481 e. The maximum Gasteiger partial charge on any atom is 0.303 e. The third-order valence-electron chi connectivity index (χ3n) is 3.92. The summed E-state index contributed by atoms with van der Waals surface area (Å²) >= 11 is 0. The van der Waals surface area contributed by atoms with E-state index in [-0.39, 0.29) is 24.7 Å². The van der Waals surface area contributed by atoms with Crippen LogP contribution in [0.15, 0.2) is 42.5 Å². The van der Waals surface area contributed by atoms with Crippen molar-refractivity contribution >= 4 is 40.2 Å². The van der Waals surface area contributed by atoms with Crippen LogP contribution in [-0.4, -0.2) is 27.0 Å². The van der Waals surface area contributed by atoms with Crippen LogP contribution in [0, 0.1) is 0 Å². The lowest BCUT2D eigenvalue weighted by Crippen LogP contribution is -2.13. The number of nitrogen functional groups attached to an aromatic ring is 2. The minimum atomic E-state index is -1.01. The monoisotopic (exact) mass is 366 g/mol. The van der Waals surface area contributed by atoms with Gasteiger partial charge < -0.3 is 21.6 Å². The van der Waals surface area contributed by atoms with E-state index in [4.69, 9.17) is 16.7 Å². The number of fused-ring (bicyclic) bond motifs is 1. The molecule has 7 N–H and O–H groups in total. The normalized spacial score (nSPS) is 10.6. The van der Waals surface area contributed by atoms with Crippen molar-refractivity contribution in [3.8, 4) is 11.1 Å². The number of hydrogen-bond acceptors (Lipinski definition) is 7. The van der Waals surface area contributed by atoms with Crippen LogP contribution in [0.1, 0.15) is 12.8 Å². The van der Waals surface area contributed by atoms with Crippen molar-refractivity contribution in [2.75, 3.05) is 16.5 Å². The molecule has 2 aromatic carbocycles. The van der Waals surface area contributed by atoms with Gasteiger partial charge in [-0.15, -0.1) is 0 Å². The number of anilines is 3. The first kappa shape index (κ1) is 18.1. The summed E-state index contributed by atoms with van der Waals surface area (Å²) in [6.07, 6.45) is -0.273. The number of nitrogens with one attached hydrogen (secondary N) is 2. The van der Waals surface area contributed by atoms with E-state index in [1.807, 2.05) is 30.3 Å². The van der Waals surface area contributed by atoms with Crippen LogP contribution in [0.5, 0.6) is 0 Å². The highest BCUT2D eigenvalue weighted by Gasteiger charge is 2.09. The van der Waals surface area contributed by atoms with Gasteiger partial charge in [-0.3, -0.25) is 9.59 Å². The van der Waals surface area contributed by atoms with Crippen molar-refractivity contribution in [2.24, 2.45) is 5.84 Å². The summed E-state index contributed by atoms with van der Waals surface area (Å²) in [5.74, 6) is 4.72. The van der Waals surface area contributed by atoms with Gasteiger partial charge in [0.25, 0.3) is 0 Å². The molecule has 0 saturated carbocycles. The average molecular weight is 366 g/mol. The molecule has 1 heterocycles. The molecule has 1 aromatic heterocycles. The van der Waals surface area contributed by atoms with Gasteiger partial charge in [-0.1, -0.05) is 18.2 Å². The Bertz CT molecular complexity index is 1000. The summed E-state index contributed by atoms with van der Waals surface area (Å²) < 4.78 is 0. The second-order valence-electron chi connectivity index (χ2n) is 5.83. The molecular weight excluding hydrogens is 348 g/mol. The number of carbonyl (C=O) groups excluding carboxylic acids is 1. The van der Waals surface area contributed by atoms with Gasteiger partial charge in [-0.05, 0) is 35.4 Å². The fourth-order valence-electron chi connectivity index (χ4n) is 2.63. The Labute approximate surface area is 154 Å². The Balaban J connectivity index is 1.81. The fraction of sp³-hybridized carbons (Fsp3) is 0.111. The van der Waals surface area contributed by atoms with Crippen LogP contribution >= 0.6 is 0 Å². The van der Waals surface area contributed by atoms with E-state index in [0.717, 1.165) is 16.5 Å². The van der Waals surface area contributed by atoms with E-state index in [2.05, 4.69) is 20.7 Å². The van der Waals surface area contributed by atoms with Crippen molar-refractivity contribution in [1.29, 1.82) is 0 Å². The van der Waals surface area contributed by atoms with Crippen molar-refractivity contribution in [3.63, 3.8) is 0 Å². The van der Waals surface area contributed by atoms with Gasteiger partial charge >= 0.3 is 5.97 Å². The van der Waals surface area contributed by atoms with Crippen LogP contribution in [0.4, 0.5) is 17.5 Å². The molecule has 0 fully saturated rings. The summed E-state index contributed by atoms with van der Waals surface area (Å²) in [6.45, 7) is 0. The molecule has 138 valence electrons. The maximum atomic E-state index is 11.7. The minimum absolute atomic E-state index is 0.0697. The number of nitrogens with zero attached hydrogens (tertiary/aromatic N) is 2. The second-order valence-corrected chi connectivity index (χ2v) is 5.83. The third kappa shape index (κ3) is 4.28. The molecule has 0 saturated heterocycles. The second kappa shape index (κ2) is 7.67. The number of nitrogens with two attached hydrogens (primary N) is 2. The van der Waals surface area contributed by atoms with Gasteiger partial charge in [-0.2, -0.15) is 4.98 Å². The minimum Gasteiger partial charge on any atom is -0.481 e. The zero-order valence-electron chi connectivity index (χ0n) is 14.3. The van der Waals surface area contributed by atoms with Crippen molar-refractivity contribution in [2.45, 2.75) is 12.8 Å². The average Bonchev–Trinajstić information content (AvgIpc) is 2.66. The smallest absolute Gasteiger partial charge is 0.303 e. The summed E-state index contributed by atoms with van der Waals surface area (Å²) in [5, 5.41) is 12.0. The first-order valence-electron chi connectivity index (χ1n) is 8.12. The molecule has 1 amide bonds. The lowest BCUT2D eigenvalue weighted by molar-refractivity contribution is -0.138. The molecule has 9 nitrogen and oxygen atoms in total. The molecule has 0 radical (unpaired) electrons. The number of carbonyl (C=O) groups is 2. The molecular formula is C18H18N6O3. The van der Waals surface area contributed by atoms with E-state index in [0.29, 0.717) is 17.0 Å². The number of aliphatic carboxylic acids is 1. The summed E-state index contributed by atoms with van der Waals surface area (Å²) in [5.41, 5.74) is 11.3. The molecule has 3 rings (SSSR count). The van der Waals surface area contributed by atoms with E-state index in [9.17, 15) is 9.59 Å². The Morgan fingerprint density at radius 1 is 1.00 bits per heavy atom. The maximum absolute atomic E-state index is 11.7. The van der Waals surface area contributed by atoms with Gasteiger partial charge in [0.2, 0.25) is 11.9 Å². The Kier molecular flexibility index (Phi) is 5.13. The molecule has 0 spiro atoms. The highest BCUT2D eigenvalue weighted by molar-refractivity contribution is 5.94. The topological polar surface area (TPSA) is 156 Å². The number of hydrogen-bond donors (Lipinski definition) is 5. The number of amides is 1. The number of carboxylic acid groups (broad SMARTS) is 1. The Morgan fingerprint density at radius 3 is 2.37 bits per heavy atom. The predicted octanol–water partition coefficient (Wildman–Crippen LogP) is 1.97. The molecule has 0 aliphatic rings. The zero-order valence-corrected chi connectivity index (χ0v) is 14.3. The van der Waals surface area contributed by atoms with E-state index in [1.54, 1.807) is 12.1 Å². The summed E-state index contributed by atoms with van der Waals surface area (Å²) in [4.78, 5) is 30.5. The Morgan fingerprint density at radius 2 is 1.70 bits per heavy atom. The molecule has 0 aliphatic heterocycles. The van der Waals surface area contributed by atoms with Crippen LogP contribution in [0.3, 0.4) is 0 Å². The standard InChI is InChI=1S/C18H18N6O3/c19-18-22-14-6-3-11(9-13(14)17(23-18)24-20)10-1-4-12(5-2-10)21-15(25)7-8-16(26)27/h1-6,9H,7-8,20H2,(H,21,25)(H,26,27)(H3,19,22,23,24). The highest BCUT2D eigenvalue weighted by Crippen LogP contribution is 2.28. The predicted molar refractivity (Wildman–Crippen MR) is 103 cm³/mol. The number of benzene rings is 2. The van der Waals surface area contributed by atoms with Crippen LogP contribution in [-0.2, 0) is 9.59 Å². The first-order valence-corrected chi connectivity index (χ1v) is 8.12. The van der Waals surface area contributed by atoms with Crippen LogP contribution < -0.4 is 22.3 Å². The molecule has 27 heavy (non-hydrogen) atoms. The van der Waals surface area contributed by atoms with Gasteiger partial charge in [0, 0.05) is 17.5 Å². The highest BCUT2D eigenvalue weighted by atomic mass is 16.4. The lowest BCUT2D eigenvalue weighted by Gasteiger charge is -2.09. The first-order chi connectivity index (χ1) is 13.0. The number of hydrazine groups is 1. The third-order valence-corrected chi connectivity index (χ3v) is 3.92. The van der Waals surface area contributed by atoms with Gasteiger partial charge in [0.15, 0.2) is 5.82 Å². The quantitative estimate of drug-likeness (QED) is 0.327. The molecule has 0 bridgehead atoms. The Hall–Kier alpha value is -3.72. The van der Waals surface area contributed by atoms with Gasteiger partial charge in [0.1, 0.15) is 0 Å². The zero-order chi connectivity index (χ0) is 19.4. The molecule has 0 aliphatic carbocycles.